The normalized spacial score (nSPS) is 19.2. The predicted molar refractivity (Wildman–Crippen MR) is 123 cm³/mol. The quantitative estimate of drug-likeness (QED) is 0.665. The van der Waals surface area contributed by atoms with E-state index in [0.717, 1.165) is 61.1 Å². The number of fused-ring (bicyclic) bond motifs is 1. The molecule has 1 amide bonds. The summed E-state index contributed by atoms with van der Waals surface area (Å²) in [6.45, 7) is 6.34. The number of thioether (sulfide) groups is 1. The number of likely N-dealkylation sites (tertiary alicyclic amines) is 1. The Morgan fingerprint density at radius 1 is 1.26 bits per heavy atom. The Morgan fingerprint density at radius 2 is 2.10 bits per heavy atom. The molecule has 2 aliphatic heterocycles. The predicted octanol–water partition coefficient (Wildman–Crippen LogP) is 3.32. The van der Waals surface area contributed by atoms with Gasteiger partial charge < -0.3 is 14.8 Å². The minimum Gasteiger partial charge on any atom is -0.486 e. The number of aryl methyl sites for hydroxylation is 1. The monoisotopic (exact) mass is 441 g/mol. The zero-order valence-electron chi connectivity index (χ0n) is 18.3. The fourth-order valence-electron chi connectivity index (χ4n) is 4.21. The second kappa shape index (κ2) is 10.4. The third-order valence-corrected chi connectivity index (χ3v) is 6.72. The van der Waals surface area contributed by atoms with Gasteiger partial charge in [-0.3, -0.25) is 9.69 Å². The maximum absolute atomic E-state index is 12.4. The number of benzene rings is 1. The summed E-state index contributed by atoms with van der Waals surface area (Å²) >= 11 is 1.58. The van der Waals surface area contributed by atoms with Crippen molar-refractivity contribution in [3.63, 3.8) is 0 Å². The number of rotatable bonds is 7. The molecule has 0 radical (unpaired) electrons. The summed E-state index contributed by atoms with van der Waals surface area (Å²) in [7, 11) is 0. The average Bonchev–Trinajstić information content (AvgIpc) is 2.79. The second-order valence-electron chi connectivity index (χ2n) is 8.40. The van der Waals surface area contributed by atoms with Crippen LogP contribution < -0.4 is 14.8 Å². The van der Waals surface area contributed by atoms with Crippen LogP contribution in [0.2, 0.25) is 0 Å². The molecular weight excluding hydrogens is 410 g/mol. The molecule has 166 valence electrons. The van der Waals surface area contributed by atoms with E-state index in [2.05, 4.69) is 22.1 Å². The molecule has 1 N–H and O–H groups in total. The molecule has 2 aromatic rings. The number of piperidine rings is 1. The fraction of sp³-hybridized carbons (Fsp3) is 0.500. The molecule has 0 bridgehead atoms. The minimum atomic E-state index is 0.0654. The number of carbonyl (C=O) groups excluding carboxylic acids is 1. The molecule has 1 atom stereocenters. The Bertz CT molecular complexity index is 899. The fourth-order valence-corrected chi connectivity index (χ4v) is 4.78. The minimum absolute atomic E-state index is 0.0654. The number of nitrogens with zero attached hydrogens (tertiary/aromatic N) is 2. The van der Waals surface area contributed by atoms with Gasteiger partial charge in [0.05, 0.1) is 11.4 Å². The van der Waals surface area contributed by atoms with Crippen molar-refractivity contribution in [1.82, 2.24) is 15.2 Å². The highest BCUT2D eigenvalue weighted by molar-refractivity contribution is 7.98. The summed E-state index contributed by atoms with van der Waals surface area (Å²) in [5.41, 5.74) is 2.17. The Morgan fingerprint density at radius 3 is 2.90 bits per heavy atom. The molecule has 1 unspecified atom stereocenters. The summed E-state index contributed by atoms with van der Waals surface area (Å²) in [4.78, 5) is 19.2. The van der Waals surface area contributed by atoms with E-state index in [-0.39, 0.29) is 12.0 Å². The number of aromatic nitrogens is 1. The lowest BCUT2D eigenvalue weighted by Crippen LogP contribution is -2.45. The molecule has 2 aliphatic rings. The molecule has 1 aromatic carbocycles. The van der Waals surface area contributed by atoms with Gasteiger partial charge in [-0.05, 0) is 74.4 Å². The van der Waals surface area contributed by atoms with E-state index in [9.17, 15) is 4.79 Å². The number of amides is 1. The van der Waals surface area contributed by atoms with Crippen LogP contribution >= 0.6 is 11.8 Å². The van der Waals surface area contributed by atoms with E-state index >= 15 is 0 Å². The first kappa shape index (κ1) is 22.0. The van der Waals surface area contributed by atoms with Gasteiger partial charge in [0.2, 0.25) is 5.91 Å². The van der Waals surface area contributed by atoms with Crippen molar-refractivity contribution in [2.45, 2.75) is 37.3 Å². The van der Waals surface area contributed by atoms with Crippen molar-refractivity contribution in [1.29, 1.82) is 0 Å². The van der Waals surface area contributed by atoms with Crippen molar-refractivity contribution in [3.05, 3.63) is 47.7 Å². The summed E-state index contributed by atoms with van der Waals surface area (Å²) in [5.74, 6) is 2.30. The van der Waals surface area contributed by atoms with E-state index < -0.39 is 0 Å². The lowest BCUT2D eigenvalue weighted by atomic mass is 9.96. The molecule has 0 saturated carbocycles. The zero-order valence-corrected chi connectivity index (χ0v) is 19.1. The first-order valence-corrected chi connectivity index (χ1v) is 12.2. The largest absolute Gasteiger partial charge is 0.486 e. The molecule has 4 rings (SSSR count). The van der Waals surface area contributed by atoms with Crippen molar-refractivity contribution < 1.29 is 14.3 Å². The maximum Gasteiger partial charge on any atom is 0.224 e. The number of carbonyl (C=O) groups is 1. The van der Waals surface area contributed by atoms with Gasteiger partial charge in [0, 0.05) is 19.3 Å². The number of ether oxygens (including phenoxy) is 2. The van der Waals surface area contributed by atoms with E-state index in [1.807, 2.05) is 36.6 Å². The van der Waals surface area contributed by atoms with Crippen molar-refractivity contribution >= 4 is 17.7 Å². The van der Waals surface area contributed by atoms with Gasteiger partial charge in [-0.2, -0.15) is 0 Å². The maximum atomic E-state index is 12.4. The van der Waals surface area contributed by atoms with Gasteiger partial charge in [-0.1, -0.05) is 12.1 Å². The Labute approximate surface area is 188 Å². The van der Waals surface area contributed by atoms with Gasteiger partial charge >= 0.3 is 0 Å². The van der Waals surface area contributed by atoms with Crippen LogP contribution in [-0.2, 0) is 11.2 Å². The molecule has 0 aliphatic carbocycles. The van der Waals surface area contributed by atoms with Crippen LogP contribution in [0.25, 0.3) is 0 Å². The van der Waals surface area contributed by atoms with E-state index in [0.29, 0.717) is 18.9 Å². The zero-order chi connectivity index (χ0) is 21.6. The van der Waals surface area contributed by atoms with Crippen LogP contribution in [0.15, 0.2) is 41.6 Å². The Kier molecular flexibility index (Phi) is 7.35. The Balaban J connectivity index is 1.18. The van der Waals surface area contributed by atoms with Crippen LogP contribution in [0, 0.1) is 12.8 Å². The van der Waals surface area contributed by atoms with Crippen molar-refractivity contribution in [2.24, 2.45) is 5.92 Å². The van der Waals surface area contributed by atoms with Gasteiger partial charge in [-0.15, -0.1) is 11.8 Å². The average molecular weight is 442 g/mol. The van der Waals surface area contributed by atoms with Crippen LogP contribution in [0.1, 0.15) is 24.0 Å². The SMILES string of the molecule is CSc1ncccc1CC(=O)NCC1CCN(CC2COc3ccc(C)cc3O2)CC1. The second-order valence-corrected chi connectivity index (χ2v) is 9.19. The molecule has 3 heterocycles. The van der Waals surface area contributed by atoms with Crippen molar-refractivity contribution in [2.75, 3.05) is 39.0 Å². The molecular formula is C24H31N3O3S. The van der Waals surface area contributed by atoms with E-state index in [1.54, 1.807) is 18.0 Å². The van der Waals surface area contributed by atoms with Gasteiger partial charge in [0.15, 0.2) is 11.5 Å². The highest BCUT2D eigenvalue weighted by atomic mass is 32.2. The summed E-state index contributed by atoms with van der Waals surface area (Å²) in [5, 5.41) is 4.05. The van der Waals surface area contributed by atoms with E-state index in [1.165, 1.54) is 5.56 Å². The summed E-state index contributed by atoms with van der Waals surface area (Å²) in [6.07, 6.45) is 6.39. The molecule has 1 fully saturated rings. The molecule has 0 spiro atoms. The third-order valence-electron chi connectivity index (χ3n) is 5.97. The van der Waals surface area contributed by atoms with Gasteiger partial charge in [-0.25, -0.2) is 4.98 Å². The molecule has 1 aromatic heterocycles. The molecule has 1 saturated heterocycles. The molecule has 6 nitrogen and oxygen atoms in total. The van der Waals surface area contributed by atoms with Gasteiger partial charge in [0.1, 0.15) is 12.7 Å². The summed E-state index contributed by atoms with van der Waals surface area (Å²) in [6, 6.07) is 9.94. The third kappa shape index (κ3) is 5.92. The van der Waals surface area contributed by atoms with Crippen molar-refractivity contribution in [3.8, 4) is 11.5 Å². The first-order chi connectivity index (χ1) is 15.1. The lowest BCUT2D eigenvalue weighted by Gasteiger charge is -2.35. The van der Waals surface area contributed by atoms with Crippen LogP contribution in [0.5, 0.6) is 11.5 Å². The Hall–Kier alpha value is -2.25. The lowest BCUT2D eigenvalue weighted by molar-refractivity contribution is -0.120. The highest BCUT2D eigenvalue weighted by Crippen LogP contribution is 2.32. The molecule has 31 heavy (non-hydrogen) atoms. The van der Waals surface area contributed by atoms with Crippen LogP contribution in [0.3, 0.4) is 0 Å². The van der Waals surface area contributed by atoms with Crippen LogP contribution in [0.4, 0.5) is 0 Å². The number of hydrogen-bond acceptors (Lipinski definition) is 6. The van der Waals surface area contributed by atoms with Crippen LogP contribution in [-0.4, -0.2) is 60.9 Å². The number of nitrogens with one attached hydrogen (secondary N) is 1. The highest BCUT2D eigenvalue weighted by Gasteiger charge is 2.26. The van der Waals surface area contributed by atoms with Gasteiger partial charge in [0.25, 0.3) is 0 Å². The summed E-state index contributed by atoms with van der Waals surface area (Å²) < 4.78 is 12.0. The standard InChI is InChI=1S/C24H31N3O3S/c1-17-5-6-21-22(12-17)30-20(16-29-21)15-27-10-7-18(8-11-27)14-26-23(28)13-19-4-3-9-25-24(19)31-2/h3-6,9,12,18,20H,7-8,10-11,13-16H2,1-2H3,(H,26,28). The smallest absolute Gasteiger partial charge is 0.224 e. The number of pyridine rings is 1. The number of hydrogen-bond donors (Lipinski definition) is 1. The van der Waals surface area contributed by atoms with E-state index in [4.69, 9.17) is 9.47 Å². The first-order valence-electron chi connectivity index (χ1n) is 11.0. The molecule has 7 heteroatoms. The topological polar surface area (TPSA) is 63.7 Å².